The highest BCUT2D eigenvalue weighted by Crippen LogP contribution is 2.34. The third-order valence-electron chi connectivity index (χ3n) is 3.23. The van der Waals surface area contributed by atoms with Crippen LogP contribution in [-0.4, -0.2) is 6.04 Å². The maximum atomic E-state index is 10.4. The first kappa shape index (κ1) is 11.6. The van der Waals surface area contributed by atoms with Crippen LogP contribution in [0.2, 0.25) is 0 Å². The van der Waals surface area contributed by atoms with Crippen molar-refractivity contribution in [3.05, 3.63) is 4.91 Å². The highest BCUT2D eigenvalue weighted by Gasteiger charge is 2.32. The second-order valence-corrected chi connectivity index (χ2v) is 4.29. The predicted octanol–water partition coefficient (Wildman–Crippen LogP) is 3.60. The van der Waals surface area contributed by atoms with Gasteiger partial charge in [-0.3, -0.25) is 0 Å². The Balaban J connectivity index is 4.25. The Morgan fingerprint density at radius 1 is 1.33 bits per heavy atom. The van der Waals surface area contributed by atoms with Crippen LogP contribution in [0.15, 0.2) is 5.18 Å². The molecule has 0 saturated carbocycles. The summed E-state index contributed by atoms with van der Waals surface area (Å²) in [6.07, 6.45) is 2.35. The van der Waals surface area contributed by atoms with E-state index in [1.807, 2.05) is 6.92 Å². The molecule has 0 N–H and O–H groups in total. The molecule has 0 aliphatic heterocycles. The zero-order valence-electron chi connectivity index (χ0n) is 8.92. The van der Waals surface area contributed by atoms with Crippen molar-refractivity contribution in [3.63, 3.8) is 0 Å². The van der Waals surface area contributed by atoms with Crippen LogP contribution in [0.5, 0.6) is 0 Å². The molecule has 2 heteroatoms. The van der Waals surface area contributed by atoms with Gasteiger partial charge < -0.3 is 0 Å². The fourth-order valence-corrected chi connectivity index (χ4v) is 1.35. The topological polar surface area (TPSA) is 29.4 Å². The minimum absolute atomic E-state index is 0.0394. The normalized spacial score (nSPS) is 17.1. The first-order valence-corrected chi connectivity index (χ1v) is 4.79. The van der Waals surface area contributed by atoms with Crippen LogP contribution in [0, 0.1) is 16.2 Å². The molecule has 0 fully saturated rings. The lowest BCUT2D eigenvalue weighted by molar-refractivity contribution is 0.179. The maximum absolute atomic E-state index is 10.4. The van der Waals surface area contributed by atoms with E-state index in [1.54, 1.807) is 0 Å². The molecule has 0 aliphatic rings. The van der Waals surface area contributed by atoms with E-state index < -0.39 is 0 Å². The van der Waals surface area contributed by atoms with Crippen molar-refractivity contribution in [3.8, 4) is 0 Å². The molecule has 12 heavy (non-hydrogen) atoms. The third kappa shape index (κ3) is 2.58. The molecule has 0 heterocycles. The third-order valence-corrected chi connectivity index (χ3v) is 3.23. The van der Waals surface area contributed by atoms with E-state index in [4.69, 9.17) is 0 Å². The van der Waals surface area contributed by atoms with Gasteiger partial charge in [0.2, 0.25) is 0 Å². The molecular formula is C10H21NO. The largest absolute Gasteiger partial charge is 0.151 e. The smallest absolute Gasteiger partial charge is 0.0944 e. The zero-order chi connectivity index (χ0) is 9.78. The lowest BCUT2D eigenvalue weighted by atomic mass is 9.73. The number of nitroso groups, excluding NO2 is 1. The molecule has 2 atom stereocenters. The fraction of sp³-hybridized carbons (Fsp3) is 1.00. The summed E-state index contributed by atoms with van der Waals surface area (Å²) in [5.41, 5.74) is 0.0394. The van der Waals surface area contributed by atoms with Crippen LogP contribution in [0.25, 0.3) is 0 Å². The summed E-state index contributed by atoms with van der Waals surface area (Å²) in [7, 11) is 0. The van der Waals surface area contributed by atoms with Crippen molar-refractivity contribution in [2.45, 2.75) is 53.5 Å². The highest BCUT2D eigenvalue weighted by molar-refractivity contribution is 4.84. The Bertz CT molecular complexity index is 143. The minimum atomic E-state index is -0.0842. The molecule has 0 spiro atoms. The number of rotatable bonds is 5. The Morgan fingerprint density at radius 3 is 2.17 bits per heavy atom. The Morgan fingerprint density at radius 2 is 1.83 bits per heavy atom. The standard InChI is InChI=1S/C10H21NO/c1-6-7-8(2)10(4,5)9(3)11-12/h8-9H,6-7H2,1-5H3. The van der Waals surface area contributed by atoms with Gasteiger partial charge in [-0.15, -0.1) is 0 Å². The number of nitrogens with zero attached hydrogens (tertiary/aromatic N) is 1. The predicted molar refractivity (Wildman–Crippen MR) is 53.1 cm³/mol. The lowest BCUT2D eigenvalue weighted by Crippen LogP contribution is -2.31. The van der Waals surface area contributed by atoms with Crippen LogP contribution in [0.1, 0.15) is 47.5 Å². The molecule has 0 bridgehead atoms. The molecule has 2 unspecified atom stereocenters. The summed E-state index contributed by atoms with van der Waals surface area (Å²) >= 11 is 0. The van der Waals surface area contributed by atoms with Crippen LogP contribution in [-0.2, 0) is 0 Å². The number of hydrogen-bond donors (Lipinski definition) is 0. The second-order valence-electron chi connectivity index (χ2n) is 4.29. The summed E-state index contributed by atoms with van der Waals surface area (Å²) in [6, 6.07) is -0.0842. The molecule has 72 valence electrons. The maximum Gasteiger partial charge on any atom is 0.0944 e. The second kappa shape index (κ2) is 4.58. The average Bonchev–Trinajstić information content (AvgIpc) is 2.03. The molecule has 0 amide bonds. The minimum Gasteiger partial charge on any atom is -0.151 e. The monoisotopic (exact) mass is 171 g/mol. The summed E-state index contributed by atoms with van der Waals surface area (Å²) in [5.74, 6) is 0.565. The van der Waals surface area contributed by atoms with Crippen LogP contribution in [0.4, 0.5) is 0 Å². The summed E-state index contributed by atoms with van der Waals surface area (Å²) in [4.78, 5) is 10.4. The quantitative estimate of drug-likeness (QED) is 0.581. The summed E-state index contributed by atoms with van der Waals surface area (Å²) < 4.78 is 0. The Labute approximate surface area is 75.7 Å². The molecule has 2 nitrogen and oxygen atoms in total. The van der Waals surface area contributed by atoms with E-state index >= 15 is 0 Å². The summed E-state index contributed by atoms with van der Waals surface area (Å²) in [5, 5.41) is 3.11. The molecule has 0 radical (unpaired) electrons. The van der Waals surface area contributed by atoms with E-state index in [2.05, 4.69) is 32.9 Å². The van der Waals surface area contributed by atoms with E-state index in [-0.39, 0.29) is 11.5 Å². The molecule has 0 aliphatic carbocycles. The van der Waals surface area contributed by atoms with Crippen molar-refractivity contribution in [2.24, 2.45) is 16.5 Å². The van der Waals surface area contributed by atoms with Gasteiger partial charge in [0.05, 0.1) is 6.04 Å². The first-order chi connectivity index (χ1) is 5.46. The molecule has 0 saturated heterocycles. The van der Waals surface area contributed by atoms with Gasteiger partial charge in [0.1, 0.15) is 0 Å². The average molecular weight is 171 g/mol. The Kier molecular flexibility index (Phi) is 4.43. The van der Waals surface area contributed by atoms with Crippen LogP contribution in [0.3, 0.4) is 0 Å². The summed E-state index contributed by atoms with van der Waals surface area (Å²) in [6.45, 7) is 10.5. The lowest BCUT2D eigenvalue weighted by Gasteiger charge is -2.33. The van der Waals surface area contributed by atoms with Gasteiger partial charge in [0.15, 0.2) is 0 Å². The van der Waals surface area contributed by atoms with Gasteiger partial charge in [0, 0.05) is 0 Å². The molecule has 0 aromatic heterocycles. The van der Waals surface area contributed by atoms with Gasteiger partial charge in [-0.05, 0) is 18.3 Å². The van der Waals surface area contributed by atoms with Gasteiger partial charge in [-0.25, -0.2) is 0 Å². The Hall–Kier alpha value is -0.400. The molecular weight excluding hydrogens is 150 g/mol. The van der Waals surface area contributed by atoms with Crippen molar-refractivity contribution < 1.29 is 0 Å². The highest BCUT2D eigenvalue weighted by atomic mass is 16.3. The van der Waals surface area contributed by atoms with Gasteiger partial charge in [-0.2, -0.15) is 4.91 Å². The van der Waals surface area contributed by atoms with Crippen molar-refractivity contribution >= 4 is 0 Å². The van der Waals surface area contributed by atoms with Crippen molar-refractivity contribution in [1.29, 1.82) is 0 Å². The zero-order valence-corrected chi connectivity index (χ0v) is 8.92. The molecule has 0 rings (SSSR count). The van der Waals surface area contributed by atoms with E-state index in [0.717, 1.165) is 0 Å². The van der Waals surface area contributed by atoms with Crippen molar-refractivity contribution in [1.82, 2.24) is 0 Å². The molecule has 0 aromatic carbocycles. The van der Waals surface area contributed by atoms with Gasteiger partial charge in [0.25, 0.3) is 0 Å². The first-order valence-electron chi connectivity index (χ1n) is 4.79. The van der Waals surface area contributed by atoms with Crippen LogP contribution < -0.4 is 0 Å². The van der Waals surface area contributed by atoms with Crippen LogP contribution >= 0.6 is 0 Å². The van der Waals surface area contributed by atoms with Gasteiger partial charge in [-0.1, -0.05) is 45.7 Å². The molecule has 0 aromatic rings. The van der Waals surface area contributed by atoms with Crippen molar-refractivity contribution in [2.75, 3.05) is 0 Å². The SMILES string of the molecule is CCCC(C)C(C)(C)C(C)N=O. The fourth-order valence-electron chi connectivity index (χ4n) is 1.35. The van der Waals surface area contributed by atoms with E-state index in [1.165, 1.54) is 12.8 Å². The van der Waals surface area contributed by atoms with E-state index in [9.17, 15) is 4.91 Å². The number of hydrogen-bond acceptors (Lipinski definition) is 2. The van der Waals surface area contributed by atoms with Gasteiger partial charge >= 0.3 is 0 Å². The van der Waals surface area contributed by atoms with E-state index in [0.29, 0.717) is 5.92 Å².